The lowest BCUT2D eigenvalue weighted by Gasteiger charge is -2.38. The number of morpholine rings is 1. The van der Waals surface area contributed by atoms with Crippen molar-refractivity contribution in [2.45, 2.75) is 42.7 Å². The maximum atomic E-state index is 12.8. The van der Waals surface area contributed by atoms with Crippen molar-refractivity contribution in [2.24, 2.45) is 0 Å². The summed E-state index contributed by atoms with van der Waals surface area (Å²) >= 11 is 0. The van der Waals surface area contributed by atoms with Crippen molar-refractivity contribution in [3.05, 3.63) is 54.6 Å². The van der Waals surface area contributed by atoms with Crippen LogP contribution in [0, 0.1) is 0 Å². The van der Waals surface area contributed by atoms with E-state index in [0.29, 0.717) is 10.9 Å². The highest BCUT2D eigenvalue weighted by Gasteiger charge is 2.29. The second-order valence-electron chi connectivity index (χ2n) is 7.67. The molecule has 1 saturated heterocycles. The highest BCUT2D eigenvalue weighted by atomic mass is 32.2. The highest BCUT2D eigenvalue weighted by molar-refractivity contribution is 7.89. The van der Waals surface area contributed by atoms with Crippen LogP contribution in [0.25, 0.3) is 11.1 Å². The molecule has 1 heterocycles. The Bertz CT molecular complexity index is 854. The zero-order chi connectivity index (χ0) is 19.4. The number of benzene rings is 2. The number of ether oxygens (including phenoxy) is 1. The smallest absolute Gasteiger partial charge is 0.240 e. The van der Waals surface area contributed by atoms with E-state index in [9.17, 15) is 8.42 Å². The minimum absolute atomic E-state index is 0.0242. The maximum absolute atomic E-state index is 12.8. The van der Waals surface area contributed by atoms with Crippen molar-refractivity contribution >= 4 is 10.0 Å². The molecule has 28 heavy (non-hydrogen) atoms. The molecule has 0 bridgehead atoms. The second kappa shape index (κ2) is 8.74. The van der Waals surface area contributed by atoms with Crippen LogP contribution in [-0.4, -0.2) is 51.7 Å². The fourth-order valence-corrected chi connectivity index (χ4v) is 5.55. The summed E-state index contributed by atoms with van der Waals surface area (Å²) < 4.78 is 33.9. The van der Waals surface area contributed by atoms with Gasteiger partial charge in [-0.25, -0.2) is 13.1 Å². The standard InChI is InChI=1S/C22H28N2O3S/c25-28(26,22-12-6-19(7-13-22)18-4-2-1-3-5-18)23-20-8-10-21(11-9-20)24-14-16-27-17-15-24/h1-7,12-13,20-21,23H,8-11,14-17H2. The van der Waals surface area contributed by atoms with Crippen molar-refractivity contribution in [2.75, 3.05) is 26.3 Å². The van der Waals surface area contributed by atoms with Gasteiger partial charge in [-0.3, -0.25) is 4.90 Å². The molecule has 4 rings (SSSR count). The fourth-order valence-electron chi connectivity index (χ4n) is 4.25. The lowest BCUT2D eigenvalue weighted by atomic mass is 9.90. The third-order valence-corrected chi connectivity index (χ3v) is 7.39. The van der Waals surface area contributed by atoms with Gasteiger partial charge in [0, 0.05) is 25.2 Å². The molecular weight excluding hydrogens is 372 g/mol. The molecule has 0 unspecified atom stereocenters. The van der Waals surface area contributed by atoms with E-state index in [2.05, 4.69) is 9.62 Å². The van der Waals surface area contributed by atoms with Gasteiger partial charge in [0.1, 0.15) is 0 Å². The predicted octanol–water partition coefficient (Wildman–Crippen LogP) is 3.28. The average Bonchev–Trinajstić information content (AvgIpc) is 2.75. The molecule has 2 aliphatic rings. The van der Waals surface area contributed by atoms with Crippen LogP contribution in [0.2, 0.25) is 0 Å². The van der Waals surface area contributed by atoms with E-state index in [1.165, 1.54) is 0 Å². The third kappa shape index (κ3) is 4.63. The zero-order valence-corrected chi connectivity index (χ0v) is 16.9. The molecule has 5 nitrogen and oxygen atoms in total. The van der Waals surface area contributed by atoms with E-state index in [1.54, 1.807) is 12.1 Å². The molecule has 2 aromatic rings. The highest BCUT2D eigenvalue weighted by Crippen LogP contribution is 2.26. The van der Waals surface area contributed by atoms with Gasteiger partial charge < -0.3 is 4.74 Å². The van der Waals surface area contributed by atoms with Gasteiger partial charge in [-0.1, -0.05) is 42.5 Å². The van der Waals surface area contributed by atoms with E-state index in [1.807, 2.05) is 42.5 Å². The Hall–Kier alpha value is -1.73. The van der Waals surface area contributed by atoms with Gasteiger partial charge in [0.05, 0.1) is 18.1 Å². The normalized spacial score (nSPS) is 24.1. The predicted molar refractivity (Wildman–Crippen MR) is 111 cm³/mol. The molecule has 1 saturated carbocycles. The van der Waals surface area contributed by atoms with E-state index >= 15 is 0 Å². The minimum atomic E-state index is -3.48. The van der Waals surface area contributed by atoms with Crippen LogP contribution in [0.4, 0.5) is 0 Å². The van der Waals surface area contributed by atoms with Crippen LogP contribution in [0.1, 0.15) is 25.7 Å². The summed E-state index contributed by atoms with van der Waals surface area (Å²) in [6, 6.07) is 17.7. The molecular formula is C22H28N2O3S. The largest absolute Gasteiger partial charge is 0.379 e. The minimum Gasteiger partial charge on any atom is -0.379 e. The Morgan fingerprint density at radius 1 is 0.821 bits per heavy atom. The third-order valence-electron chi connectivity index (χ3n) is 5.85. The van der Waals surface area contributed by atoms with Crippen LogP contribution in [0.5, 0.6) is 0 Å². The summed E-state index contributed by atoms with van der Waals surface area (Å²) in [5.41, 5.74) is 2.10. The van der Waals surface area contributed by atoms with Gasteiger partial charge in [-0.2, -0.15) is 0 Å². The first-order valence-electron chi connectivity index (χ1n) is 10.1. The monoisotopic (exact) mass is 400 g/mol. The molecule has 0 amide bonds. The van der Waals surface area contributed by atoms with E-state index in [0.717, 1.165) is 63.1 Å². The summed E-state index contributed by atoms with van der Waals surface area (Å²) in [6.07, 6.45) is 3.87. The molecule has 0 aromatic heterocycles. The topological polar surface area (TPSA) is 58.6 Å². The van der Waals surface area contributed by atoms with Crippen molar-refractivity contribution < 1.29 is 13.2 Å². The van der Waals surface area contributed by atoms with Gasteiger partial charge in [-0.05, 0) is 48.9 Å². The molecule has 1 aliphatic heterocycles. The number of hydrogen-bond acceptors (Lipinski definition) is 4. The zero-order valence-electron chi connectivity index (χ0n) is 16.1. The second-order valence-corrected chi connectivity index (χ2v) is 9.38. The molecule has 0 radical (unpaired) electrons. The first-order chi connectivity index (χ1) is 13.6. The Kier molecular flexibility index (Phi) is 6.11. The number of nitrogens with zero attached hydrogens (tertiary/aromatic N) is 1. The van der Waals surface area contributed by atoms with Crippen molar-refractivity contribution in [1.82, 2.24) is 9.62 Å². The van der Waals surface area contributed by atoms with Crippen LogP contribution >= 0.6 is 0 Å². The first kappa shape index (κ1) is 19.6. The molecule has 0 spiro atoms. The number of sulfonamides is 1. The number of hydrogen-bond donors (Lipinski definition) is 1. The quantitative estimate of drug-likeness (QED) is 0.837. The lowest BCUT2D eigenvalue weighted by molar-refractivity contribution is 0.00712. The van der Waals surface area contributed by atoms with Gasteiger partial charge in [0.25, 0.3) is 0 Å². The molecule has 6 heteroatoms. The number of nitrogens with one attached hydrogen (secondary N) is 1. The van der Waals surface area contributed by atoms with E-state index in [-0.39, 0.29) is 6.04 Å². The maximum Gasteiger partial charge on any atom is 0.240 e. The fraction of sp³-hybridized carbons (Fsp3) is 0.455. The van der Waals surface area contributed by atoms with Crippen molar-refractivity contribution in [3.63, 3.8) is 0 Å². The van der Waals surface area contributed by atoms with Gasteiger partial charge in [0.2, 0.25) is 10.0 Å². The van der Waals surface area contributed by atoms with E-state index < -0.39 is 10.0 Å². The van der Waals surface area contributed by atoms with Crippen molar-refractivity contribution in [3.8, 4) is 11.1 Å². The van der Waals surface area contributed by atoms with Crippen LogP contribution in [0.3, 0.4) is 0 Å². The van der Waals surface area contributed by atoms with Gasteiger partial charge >= 0.3 is 0 Å². The summed E-state index contributed by atoms with van der Waals surface area (Å²) in [6.45, 7) is 3.61. The first-order valence-corrected chi connectivity index (χ1v) is 11.6. The summed E-state index contributed by atoms with van der Waals surface area (Å²) in [4.78, 5) is 2.83. The van der Waals surface area contributed by atoms with Crippen LogP contribution < -0.4 is 4.72 Å². The average molecular weight is 401 g/mol. The van der Waals surface area contributed by atoms with E-state index in [4.69, 9.17) is 4.74 Å². The Balaban J connectivity index is 1.35. The van der Waals surface area contributed by atoms with Crippen molar-refractivity contribution in [1.29, 1.82) is 0 Å². The molecule has 0 atom stereocenters. The molecule has 2 aromatic carbocycles. The lowest BCUT2D eigenvalue weighted by Crippen LogP contribution is -2.47. The SMILES string of the molecule is O=S(=O)(NC1CCC(N2CCOCC2)CC1)c1ccc(-c2ccccc2)cc1. The van der Waals surface area contributed by atoms with Gasteiger partial charge in [-0.15, -0.1) is 0 Å². The molecule has 1 N–H and O–H groups in total. The summed E-state index contributed by atoms with van der Waals surface area (Å²) in [5, 5.41) is 0. The summed E-state index contributed by atoms with van der Waals surface area (Å²) in [5.74, 6) is 0. The number of rotatable bonds is 5. The summed E-state index contributed by atoms with van der Waals surface area (Å²) in [7, 11) is -3.48. The molecule has 150 valence electrons. The molecule has 1 aliphatic carbocycles. The van der Waals surface area contributed by atoms with Crippen LogP contribution in [0.15, 0.2) is 59.5 Å². The Morgan fingerprint density at radius 3 is 2.07 bits per heavy atom. The Morgan fingerprint density at radius 2 is 1.43 bits per heavy atom. The Labute approximate surface area is 167 Å². The van der Waals surface area contributed by atoms with Gasteiger partial charge in [0.15, 0.2) is 0 Å². The molecule has 2 fully saturated rings. The van der Waals surface area contributed by atoms with Crippen LogP contribution in [-0.2, 0) is 14.8 Å².